The van der Waals surface area contributed by atoms with Crippen molar-refractivity contribution in [2.75, 3.05) is 11.9 Å². The molecule has 1 heterocycles. The van der Waals surface area contributed by atoms with Gasteiger partial charge in [0.05, 0.1) is 6.10 Å². The minimum Gasteiger partial charge on any atom is -0.477 e. The van der Waals surface area contributed by atoms with Crippen molar-refractivity contribution in [3.05, 3.63) is 47.5 Å². The summed E-state index contributed by atoms with van der Waals surface area (Å²) in [6.07, 6.45) is 1.05. The lowest BCUT2D eigenvalue weighted by Gasteiger charge is -2.21. The molecule has 1 amide bonds. The highest BCUT2D eigenvalue weighted by atomic mass is 32.2. The van der Waals surface area contributed by atoms with Crippen LogP contribution in [0.2, 0.25) is 0 Å². The average molecular weight is 462 g/mol. The Labute approximate surface area is 189 Å². The second kappa shape index (κ2) is 9.46. The molecule has 174 valence electrons. The summed E-state index contributed by atoms with van der Waals surface area (Å²) in [5.41, 5.74) is 0.794. The fourth-order valence-electron chi connectivity index (χ4n) is 3.25. The van der Waals surface area contributed by atoms with Crippen LogP contribution in [0, 0.1) is 12.8 Å². The molecule has 1 fully saturated rings. The molecule has 1 aliphatic carbocycles. The van der Waals surface area contributed by atoms with Gasteiger partial charge < -0.3 is 15.2 Å². The predicted molar refractivity (Wildman–Crippen MR) is 122 cm³/mol. The maximum absolute atomic E-state index is 12.9. The van der Waals surface area contributed by atoms with Crippen molar-refractivity contribution < 1.29 is 23.1 Å². The second-order valence-electron chi connectivity index (χ2n) is 8.83. The number of benzene rings is 1. The van der Waals surface area contributed by atoms with E-state index in [1.165, 1.54) is 12.1 Å². The summed E-state index contributed by atoms with van der Waals surface area (Å²) in [5.74, 6) is 0.617. The molecule has 32 heavy (non-hydrogen) atoms. The predicted octanol–water partition coefficient (Wildman–Crippen LogP) is 2.80. The molecular formula is C23H31N3O5S. The van der Waals surface area contributed by atoms with Gasteiger partial charge in [0.25, 0.3) is 15.9 Å². The summed E-state index contributed by atoms with van der Waals surface area (Å²) in [6, 6.07) is 10.3. The van der Waals surface area contributed by atoms with Crippen LogP contribution in [-0.4, -0.2) is 42.7 Å². The Balaban J connectivity index is 1.76. The molecular weight excluding hydrogens is 430 g/mol. The summed E-state index contributed by atoms with van der Waals surface area (Å²) in [4.78, 5) is 17.0. The molecule has 0 saturated heterocycles. The van der Waals surface area contributed by atoms with Crippen LogP contribution in [-0.2, 0) is 21.2 Å². The van der Waals surface area contributed by atoms with Crippen molar-refractivity contribution in [1.29, 1.82) is 0 Å². The number of amides is 1. The third-order valence-electron chi connectivity index (χ3n) is 5.08. The van der Waals surface area contributed by atoms with E-state index >= 15 is 0 Å². The lowest BCUT2D eigenvalue weighted by Crippen LogP contribution is -2.43. The number of carbonyl (C=O) groups excluding carboxylic acids is 1. The second-order valence-corrected chi connectivity index (χ2v) is 10.5. The average Bonchev–Trinajstić information content (AvgIpc) is 3.49. The topological polar surface area (TPSA) is 118 Å². The van der Waals surface area contributed by atoms with Crippen molar-refractivity contribution >= 4 is 21.7 Å². The van der Waals surface area contributed by atoms with Gasteiger partial charge >= 0.3 is 0 Å². The van der Waals surface area contributed by atoms with Gasteiger partial charge in [-0.25, -0.2) is 9.71 Å². The number of hydrogen-bond donors (Lipinski definition) is 3. The molecule has 2 aromatic rings. The Bertz CT molecular complexity index is 1080. The van der Waals surface area contributed by atoms with E-state index in [-0.39, 0.29) is 17.4 Å². The Kier molecular flexibility index (Phi) is 7.09. The Morgan fingerprint density at radius 1 is 1.22 bits per heavy atom. The van der Waals surface area contributed by atoms with E-state index in [4.69, 9.17) is 4.74 Å². The molecule has 1 atom stereocenters. The van der Waals surface area contributed by atoms with Crippen LogP contribution < -0.4 is 14.8 Å². The summed E-state index contributed by atoms with van der Waals surface area (Å²) in [6.45, 7) is 7.97. The van der Waals surface area contributed by atoms with E-state index in [2.05, 4.69) is 28.9 Å². The van der Waals surface area contributed by atoms with Crippen LogP contribution in [0.15, 0.2) is 41.4 Å². The third-order valence-corrected chi connectivity index (χ3v) is 6.31. The molecule has 1 aliphatic rings. The largest absolute Gasteiger partial charge is 0.477 e. The fraction of sp³-hybridized carbons (Fsp3) is 0.478. The van der Waals surface area contributed by atoms with E-state index in [9.17, 15) is 18.3 Å². The maximum atomic E-state index is 12.9. The quantitative estimate of drug-likeness (QED) is 0.498. The van der Waals surface area contributed by atoms with E-state index in [0.29, 0.717) is 24.5 Å². The van der Waals surface area contributed by atoms with Crippen LogP contribution >= 0.6 is 0 Å². The first kappa shape index (κ1) is 24.0. The first-order valence-electron chi connectivity index (χ1n) is 10.8. The van der Waals surface area contributed by atoms with Crippen LogP contribution in [0.5, 0.6) is 5.75 Å². The number of pyridine rings is 1. The summed E-state index contributed by atoms with van der Waals surface area (Å²) in [5, 5.41) is 11.9. The molecule has 3 N–H and O–H groups in total. The minimum atomic E-state index is -4.19. The smallest absolute Gasteiger partial charge is 0.281 e. The number of hydrogen-bond acceptors (Lipinski definition) is 7. The molecule has 0 aliphatic heterocycles. The molecule has 9 heteroatoms. The number of rotatable bonds is 10. The van der Waals surface area contributed by atoms with Gasteiger partial charge in [0.1, 0.15) is 11.6 Å². The number of anilines is 1. The lowest BCUT2D eigenvalue weighted by atomic mass is 10.0. The maximum Gasteiger partial charge on any atom is 0.281 e. The van der Waals surface area contributed by atoms with Crippen molar-refractivity contribution in [1.82, 2.24) is 9.71 Å². The summed E-state index contributed by atoms with van der Waals surface area (Å²) in [7, 11) is -4.19. The lowest BCUT2D eigenvalue weighted by molar-refractivity contribution is -0.127. The minimum absolute atomic E-state index is 0.217. The molecule has 0 unspecified atom stereocenters. The normalized spacial score (nSPS) is 15.8. The van der Waals surface area contributed by atoms with Crippen LogP contribution in [0.25, 0.3) is 0 Å². The zero-order valence-electron chi connectivity index (χ0n) is 18.9. The Morgan fingerprint density at radius 2 is 1.94 bits per heavy atom. The fourth-order valence-corrected chi connectivity index (χ4v) is 4.26. The van der Waals surface area contributed by atoms with E-state index < -0.39 is 27.6 Å². The Hall–Kier alpha value is -2.65. The molecule has 1 aromatic carbocycles. The molecule has 3 rings (SSSR count). The number of ether oxygens (including phenoxy) is 1. The van der Waals surface area contributed by atoms with Crippen molar-refractivity contribution in [3.63, 3.8) is 0 Å². The van der Waals surface area contributed by atoms with E-state index in [0.717, 1.165) is 17.5 Å². The number of sulfonamides is 1. The van der Waals surface area contributed by atoms with Gasteiger partial charge in [-0.3, -0.25) is 4.79 Å². The first-order chi connectivity index (χ1) is 15.0. The molecule has 0 spiro atoms. The van der Waals surface area contributed by atoms with Crippen molar-refractivity contribution in [2.24, 2.45) is 5.92 Å². The number of aromatic nitrogens is 1. The van der Waals surface area contributed by atoms with E-state index in [1.807, 2.05) is 25.1 Å². The number of aryl methyl sites for hydroxylation is 1. The third kappa shape index (κ3) is 5.98. The van der Waals surface area contributed by atoms with Gasteiger partial charge in [0, 0.05) is 19.4 Å². The van der Waals surface area contributed by atoms with Crippen LogP contribution in [0.4, 0.5) is 5.82 Å². The molecule has 0 radical (unpaired) electrons. The number of carbonyl (C=O) groups is 1. The van der Waals surface area contributed by atoms with Crippen molar-refractivity contribution in [3.8, 4) is 5.75 Å². The molecule has 1 aromatic heterocycles. The SMILES string of the molecule is Cc1ccc(CC(C)C)c(OC2(C(=O)NS(=O)(=O)c3cccc(NC[C@H](C)O)n3)CC2)c1. The van der Waals surface area contributed by atoms with Gasteiger partial charge in [-0.1, -0.05) is 32.0 Å². The first-order valence-corrected chi connectivity index (χ1v) is 12.2. The highest BCUT2D eigenvalue weighted by Crippen LogP contribution is 2.42. The molecule has 0 bridgehead atoms. The van der Waals surface area contributed by atoms with Gasteiger partial charge in [-0.15, -0.1) is 0 Å². The highest BCUT2D eigenvalue weighted by molar-refractivity contribution is 7.90. The molecule has 8 nitrogen and oxygen atoms in total. The number of aliphatic hydroxyl groups excluding tert-OH is 1. The number of aliphatic hydroxyl groups is 1. The zero-order chi connectivity index (χ0) is 23.5. The molecule has 1 saturated carbocycles. The standard InChI is InChI=1S/C23H31N3O5S/c1-15(2)12-18-9-8-16(3)13-19(18)31-23(10-11-23)22(28)26-32(29,30)21-7-5-6-20(25-21)24-14-17(4)27/h5-9,13,15,17,27H,10-12,14H2,1-4H3,(H,24,25)(H,26,28)/t17-/m0/s1. The van der Waals surface area contributed by atoms with Crippen LogP contribution in [0.3, 0.4) is 0 Å². The van der Waals surface area contributed by atoms with Gasteiger partial charge in [-0.05, 0) is 55.5 Å². The van der Waals surface area contributed by atoms with Gasteiger partial charge in [0.15, 0.2) is 10.6 Å². The monoisotopic (exact) mass is 461 g/mol. The zero-order valence-corrected chi connectivity index (χ0v) is 19.7. The Morgan fingerprint density at radius 3 is 2.56 bits per heavy atom. The number of nitrogens with one attached hydrogen (secondary N) is 2. The van der Waals surface area contributed by atoms with E-state index in [1.54, 1.807) is 13.0 Å². The summed E-state index contributed by atoms with van der Waals surface area (Å²) < 4.78 is 33.9. The van der Waals surface area contributed by atoms with Gasteiger partial charge in [0.2, 0.25) is 0 Å². The summed E-state index contributed by atoms with van der Waals surface area (Å²) >= 11 is 0. The van der Waals surface area contributed by atoms with Crippen LogP contribution in [0.1, 0.15) is 44.7 Å². The van der Waals surface area contributed by atoms with Crippen molar-refractivity contribution in [2.45, 2.75) is 63.7 Å². The number of nitrogens with zero attached hydrogens (tertiary/aromatic N) is 1. The highest BCUT2D eigenvalue weighted by Gasteiger charge is 2.54. The van der Waals surface area contributed by atoms with Gasteiger partial charge in [-0.2, -0.15) is 8.42 Å².